The molecule has 0 spiro atoms. The molecule has 1 aliphatic heterocycles. The highest BCUT2D eigenvalue weighted by atomic mass is 16.5. The summed E-state index contributed by atoms with van der Waals surface area (Å²) in [6.45, 7) is 1.78. The number of hydrogen-bond acceptors (Lipinski definition) is 5. The largest absolute Gasteiger partial charge is 0.448 e. The minimum atomic E-state index is -0.542. The van der Waals surface area contributed by atoms with Crippen molar-refractivity contribution in [1.82, 2.24) is 9.97 Å². The van der Waals surface area contributed by atoms with Gasteiger partial charge in [0.15, 0.2) is 0 Å². The van der Waals surface area contributed by atoms with Gasteiger partial charge in [0.2, 0.25) is 0 Å². The van der Waals surface area contributed by atoms with Crippen molar-refractivity contribution in [1.29, 1.82) is 5.26 Å². The molecule has 1 amide bonds. The number of amides is 1. The number of nitriles is 1. The molecule has 7 heteroatoms. The molecule has 7 nitrogen and oxygen atoms in total. The van der Waals surface area contributed by atoms with Crippen LogP contribution in [-0.2, 0) is 17.7 Å². The van der Waals surface area contributed by atoms with Gasteiger partial charge >= 0.3 is 6.09 Å². The van der Waals surface area contributed by atoms with Crippen LogP contribution < -0.4 is 10.2 Å². The van der Waals surface area contributed by atoms with Crippen molar-refractivity contribution >= 4 is 17.5 Å². The highest BCUT2D eigenvalue weighted by Crippen LogP contribution is 2.31. The van der Waals surface area contributed by atoms with Gasteiger partial charge in [-0.25, -0.2) is 9.78 Å². The molecular formula is C17H19N5O2. The van der Waals surface area contributed by atoms with Gasteiger partial charge in [-0.1, -0.05) is 6.07 Å². The topological polar surface area (TPSA) is 94.0 Å². The number of carbonyl (C=O) groups excluding carboxylic acids is 1. The molecule has 0 saturated heterocycles. The van der Waals surface area contributed by atoms with E-state index in [9.17, 15) is 4.79 Å². The number of imidazole rings is 1. The standard InChI is InChI=1S/C17H19N5O2/c18-6-2-8-24-17(23)21-14-5-4-13-3-1-7-22(16(13)9-14)11-15-10-19-12-20-15/h4-5,9-10,12H,1-3,7-8,11H2,(H,19,20)(H,21,23). The van der Waals surface area contributed by atoms with Crippen LogP contribution in [0, 0.1) is 11.3 Å². The summed E-state index contributed by atoms with van der Waals surface area (Å²) in [5.41, 5.74) is 4.04. The van der Waals surface area contributed by atoms with Crippen LogP contribution in [0.15, 0.2) is 30.7 Å². The second kappa shape index (κ2) is 7.51. The van der Waals surface area contributed by atoms with E-state index >= 15 is 0 Å². The summed E-state index contributed by atoms with van der Waals surface area (Å²) < 4.78 is 4.94. The molecule has 0 fully saturated rings. The average Bonchev–Trinajstić information content (AvgIpc) is 3.09. The molecule has 0 saturated carbocycles. The zero-order valence-corrected chi connectivity index (χ0v) is 13.3. The maximum atomic E-state index is 11.7. The number of aromatic amines is 1. The van der Waals surface area contributed by atoms with Gasteiger partial charge in [-0.05, 0) is 30.5 Å². The van der Waals surface area contributed by atoms with Gasteiger partial charge in [0, 0.05) is 24.1 Å². The van der Waals surface area contributed by atoms with Gasteiger partial charge < -0.3 is 14.6 Å². The third-order valence-corrected chi connectivity index (χ3v) is 3.90. The van der Waals surface area contributed by atoms with Gasteiger partial charge in [0.1, 0.15) is 6.61 Å². The Morgan fingerprint density at radius 3 is 3.21 bits per heavy atom. The second-order valence-electron chi connectivity index (χ2n) is 5.60. The van der Waals surface area contributed by atoms with Crippen LogP contribution in [0.4, 0.5) is 16.2 Å². The highest BCUT2D eigenvalue weighted by molar-refractivity contribution is 5.85. The number of anilines is 2. The fraction of sp³-hybridized carbons (Fsp3) is 0.353. The van der Waals surface area contributed by atoms with Gasteiger partial charge in [-0.15, -0.1) is 0 Å². The average molecular weight is 325 g/mol. The molecule has 24 heavy (non-hydrogen) atoms. The lowest BCUT2D eigenvalue weighted by Gasteiger charge is -2.31. The third kappa shape index (κ3) is 3.84. The first-order valence-electron chi connectivity index (χ1n) is 7.92. The Kier molecular flexibility index (Phi) is 4.96. The fourth-order valence-corrected chi connectivity index (χ4v) is 2.81. The molecule has 124 valence electrons. The van der Waals surface area contributed by atoms with Gasteiger partial charge in [-0.2, -0.15) is 5.26 Å². The van der Waals surface area contributed by atoms with Crippen LogP contribution in [0.1, 0.15) is 24.1 Å². The van der Waals surface area contributed by atoms with Crippen LogP contribution >= 0.6 is 0 Å². The second-order valence-corrected chi connectivity index (χ2v) is 5.60. The van der Waals surface area contributed by atoms with Crippen LogP contribution in [0.3, 0.4) is 0 Å². The maximum absolute atomic E-state index is 11.7. The molecule has 2 heterocycles. The van der Waals surface area contributed by atoms with Gasteiger partial charge in [0.05, 0.1) is 31.1 Å². The molecule has 1 aromatic carbocycles. The number of ether oxygens (including phenoxy) is 1. The summed E-state index contributed by atoms with van der Waals surface area (Å²) in [6, 6.07) is 7.82. The van der Waals surface area contributed by atoms with Gasteiger partial charge in [-0.3, -0.25) is 5.32 Å². The summed E-state index contributed by atoms with van der Waals surface area (Å²) in [7, 11) is 0. The van der Waals surface area contributed by atoms with E-state index in [0.717, 1.165) is 37.3 Å². The van der Waals surface area contributed by atoms with E-state index in [1.807, 2.05) is 30.5 Å². The summed E-state index contributed by atoms with van der Waals surface area (Å²) >= 11 is 0. The summed E-state index contributed by atoms with van der Waals surface area (Å²) in [5.74, 6) is 0. The number of benzene rings is 1. The lowest BCUT2D eigenvalue weighted by Crippen LogP contribution is -2.29. The Morgan fingerprint density at radius 2 is 2.42 bits per heavy atom. The maximum Gasteiger partial charge on any atom is 0.411 e. The number of H-pyrrole nitrogens is 1. The highest BCUT2D eigenvalue weighted by Gasteiger charge is 2.18. The summed E-state index contributed by atoms with van der Waals surface area (Å²) in [5, 5.41) is 11.2. The Balaban J connectivity index is 1.70. The smallest absolute Gasteiger partial charge is 0.411 e. The van der Waals surface area contributed by atoms with Crippen molar-refractivity contribution in [3.05, 3.63) is 42.0 Å². The molecule has 0 atom stereocenters. The molecule has 3 rings (SSSR count). The molecule has 0 unspecified atom stereocenters. The van der Waals surface area contributed by atoms with E-state index in [1.54, 1.807) is 6.33 Å². The van der Waals surface area contributed by atoms with Crippen LogP contribution in [-0.4, -0.2) is 29.2 Å². The van der Waals surface area contributed by atoms with E-state index in [1.165, 1.54) is 5.56 Å². The first-order valence-corrected chi connectivity index (χ1v) is 7.92. The van der Waals surface area contributed by atoms with E-state index < -0.39 is 6.09 Å². The van der Waals surface area contributed by atoms with Crippen molar-refractivity contribution in [3.8, 4) is 6.07 Å². The Hall–Kier alpha value is -3.01. The van der Waals surface area contributed by atoms with E-state index in [2.05, 4.69) is 20.2 Å². The van der Waals surface area contributed by atoms with E-state index in [-0.39, 0.29) is 13.0 Å². The van der Waals surface area contributed by atoms with Crippen molar-refractivity contribution in [3.63, 3.8) is 0 Å². The van der Waals surface area contributed by atoms with Gasteiger partial charge in [0.25, 0.3) is 0 Å². The summed E-state index contributed by atoms with van der Waals surface area (Å²) in [6.07, 6.45) is 5.34. The molecule has 2 N–H and O–H groups in total. The molecule has 1 aromatic heterocycles. The molecule has 0 radical (unpaired) electrons. The predicted molar refractivity (Wildman–Crippen MR) is 89.6 cm³/mol. The lowest BCUT2D eigenvalue weighted by atomic mass is 10.0. The SMILES string of the molecule is N#CCCOC(=O)Nc1ccc2c(c1)N(Cc1c[nH]cn1)CCC2. The molecule has 0 aliphatic carbocycles. The predicted octanol–water partition coefficient (Wildman–Crippen LogP) is 2.82. The number of rotatable bonds is 5. The summed E-state index contributed by atoms with van der Waals surface area (Å²) in [4.78, 5) is 21.2. The first kappa shape index (κ1) is 15.9. The third-order valence-electron chi connectivity index (χ3n) is 3.90. The number of fused-ring (bicyclic) bond motifs is 1. The number of nitrogens with one attached hydrogen (secondary N) is 2. The molecule has 0 bridgehead atoms. The monoisotopic (exact) mass is 325 g/mol. The van der Waals surface area contributed by atoms with Crippen molar-refractivity contribution in [2.24, 2.45) is 0 Å². The normalized spacial score (nSPS) is 13.0. The minimum Gasteiger partial charge on any atom is -0.448 e. The molecule has 2 aromatic rings. The molecular weight excluding hydrogens is 306 g/mol. The zero-order valence-electron chi connectivity index (χ0n) is 13.3. The minimum absolute atomic E-state index is 0.0958. The first-order chi connectivity index (χ1) is 11.8. The van der Waals surface area contributed by atoms with Crippen LogP contribution in [0.5, 0.6) is 0 Å². The van der Waals surface area contributed by atoms with E-state index in [4.69, 9.17) is 10.00 Å². The number of hydrogen-bond donors (Lipinski definition) is 2. The zero-order chi connectivity index (χ0) is 16.8. The Morgan fingerprint density at radius 1 is 1.50 bits per heavy atom. The Bertz CT molecular complexity index is 736. The van der Waals surface area contributed by atoms with Crippen molar-refractivity contribution in [2.45, 2.75) is 25.8 Å². The number of aromatic nitrogens is 2. The number of nitrogens with zero attached hydrogens (tertiary/aromatic N) is 3. The lowest BCUT2D eigenvalue weighted by molar-refractivity contribution is 0.164. The van der Waals surface area contributed by atoms with Crippen LogP contribution in [0.25, 0.3) is 0 Å². The quantitative estimate of drug-likeness (QED) is 0.824. The Labute approximate surface area is 140 Å². The van der Waals surface area contributed by atoms with E-state index in [0.29, 0.717) is 5.69 Å². The number of aryl methyl sites for hydroxylation is 1. The number of carbonyl (C=O) groups is 1. The molecule has 1 aliphatic rings. The van der Waals surface area contributed by atoms with Crippen molar-refractivity contribution in [2.75, 3.05) is 23.4 Å². The van der Waals surface area contributed by atoms with Crippen molar-refractivity contribution < 1.29 is 9.53 Å². The fourth-order valence-electron chi connectivity index (χ4n) is 2.81. The van der Waals surface area contributed by atoms with Crippen LogP contribution in [0.2, 0.25) is 0 Å².